The Labute approximate surface area is 134 Å². The molecule has 0 unspecified atom stereocenters. The minimum absolute atomic E-state index is 0.0971. The molecule has 3 rings (SSSR count). The van der Waals surface area contributed by atoms with E-state index in [0.29, 0.717) is 19.4 Å². The Morgan fingerprint density at radius 1 is 1.17 bits per heavy atom. The number of aliphatic hydroxyl groups excluding tert-OH is 1. The highest BCUT2D eigenvalue weighted by Gasteiger charge is 2.47. The second-order valence-corrected chi connectivity index (χ2v) is 6.44. The standard InChI is InChI=1S/C17H21NO5/c19-13-6-12(7-13)14-8-18(9-15(14)16(20)21)17(22)23-10-11-4-2-1-3-5-11/h1-5,12-15,19H,6-10H2,(H,20,21)/t12?,13?,14-,15+/m0/s1. The Kier molecular flexibility index (Phi) is 4.52. The third-order valence-corrected chi connectivity index (χ3v) is 4.90. The van der Waals surface area contributed by atoms with Crippen LogP contribution >= 0.6 is 0 Å². The monoisotopic (exact) mass is 319 g/mol. The van der Waals surface area contributed by atoms with Gasteiger partial charge in [0, 0.05) is 13.1 Å². The van der Waals surface area contributed by atoms with Gasteiger partial charge in [-0.05, 0) is 30.2 Å². The van der Waals surface area contributed by atoms with Crippen molar-refractivity contribution in [2.75, 3.05) is 13.1 Å². The molecular weight excluding hydrogens is 298 g/mol. The number of ether oxygens (including phenoxy) is 1. The number of hydrogen-bond donors (Lipinski definition) is 2. The van der Waals surface area contributed by atoms with Crippen LogP contribution in [0.4, 0.5) is 4.79 Å². The van der Waals surface area contributed by atoms with Gasteiger partial charge in [0.25, 0.3) is 0 Å². The third kappa shape index (κ3) is 3.47. The van der Waals surface area contributed by atoms with Gasteiger partial charge in [0.15, 0.2) is 0 Å². The highest BCUT2D eigenvalue weighted by molar-refractivity contribution is 5.74. The van der Waals surface area contributed by atoms with Crippen LogP contribution in [0.2, 0.25) is 0 Å². The van der Waals surface area contributed by atoms with Gasteiger partial charge in [-0.3, -0.25) is 4.79 Å². The van der Waals surface area contributed by atoms with Gasteiger partial charge >= 0.3 is 12.1 Å². The molecule has 6 nitrogen and oxygen atoms in total. The van der Waals surface area contributed by atoms with Gasteiger partial charge in [-0.1, -0.05) is 30.3 Å². The van der Waals surface area contributed by atoms with Gasteiger partial charge < -0.3 is 19.8 Å². The van der Waals surface area contributed by atoms with Crippen molar-refractivity contribution in [3.05, 3.63) is 35.9 Å². The first-order valence-corrected chi connectivity index (χ1v) is 7.91. The molecule has 124 valence electrons. The molecule has 6 heteroatoms. The van der Waals surface area contributed by atoms with E-state index in [1.165, 1.54) is 4.90 Å². The van der Waals surface area contributed by atoms with Crippen LogP contribution in [0, 0.1) is 17.8 Å². The summed E-state index contributed by atoms with van der Waals surface area (Å²) in [6.45, 7) is 0.753. The second-order valence-electron chi connectivity index (χ2n) is 6.44. The van der Waals surface area contributed by atoms with Crippen LogP contribution in [0.5, 0.6) is 0 Å². The van der Waals surface area contributed by atoms with E-state index in [-0.39, 0.29) is 31.1 Å². The Balaban J connectivity index is 1.57. The molecule has 1 aromatic carbocycles. The second kappa shape index (κ2) is 6.58. The molecule has 0 spiro atoms. The number of carbonyl (C=O) groups is 2. The normalized spacial score (nSPS) is 29.9. The van der Waals surface area contributed by atoms with Crippen LogP contribution in [0.15, 0.2) is 30.3 Å². The zero-order chi connectivity index (χ0) is 16.4. The first-order valence-electron chi connectivity index (χ1n) is 7.91. The molecule has 2 atom stereocenters. The van der Waals surface area contributed by atoms with Crippen molar-refractivity contribution < 1.29 is 24.5 Å². The predicted octanol–water partition coefficient (Wildman–Crippen LogP) is 1.73. The summed E-state index contributed by atoms with van der Waals surface area (Å²) in [6.07, 6.45) is 0.457. The first-order chi connectivity index (χ1) is 11.0. The van der Waals surface area contributed by atoms with Crippen molar-refractivity contribution in [2.45, 2.75) is 25.6 Å². The van der Waals surface area contributed by atoms with E-state index in [4.69, 9.17) is 4.74 Å². The summed E-state index contributed by atoms with van der Waals surface area (Å²) in [4.78, 5) is 25.1. The summed E-state index contributed by atoms with van der Waals surface area (Å²) in [7, 11) is 0. The molecule has 23 heavy (non-hydrogen) atoms. The summed E-state index contributed by atoms with van der Waals surface area (Å²) < 4.78 is 5.29. The minimum atomic E-state index is -0.880. The van der Waals surface area contributed by atoms with Crippen molar-refractivity contribution >= 4 is 12.1 Å². The number of hydrogen-bond acceptors (Lipinski definition) is 4. The molecule has 2 aliphatic rings. The van der Waals surface area contributed by atoms with Crippen molar-refractivity contribution in [3.8, 4) is 0 Å². The Bertz CT molecular complexity index is 570. The zero-order valence-electron chi connectivity index (χ0n) is 12.8. The number of carboxylic acid groups (broad SMARTS) is 1. The largest absolute Gasteiger partial charge is 0.481 e. The van der Waals surface area contributed by atoms with Crippen molar-refractivity contribution in [2.24, 2.45) is 17.8 Å². The molecule has 1 aliphatic carbocycles. The van der Waals surface area contributed by atoms with E-state index < -0.39 is 18.0 Å². The number of nitrogens with zero attached hydrogens (tertiary/aromatic N) is 1. The third-order valence-electron chi connectivity index (χ3n) is 4.90. The molecule has 0 aromatic heterocycles. The van der Waals surface area contributed by atoms with Crippen molar-refractivity contribution in [3.63, 3.8) is 0 Å². The fourth-order valence-electron chi connectivity index (χ4n) is 3.51. The maximum absolute atomic E-state index is 12.2. The SMILES string of the molecule is O=C(O)[C@@H]1CN(C(=O)OCc2ccccc2)C[C@H]1C1CC(O)C1. The van der Waals surface area contributed by atoms with E-state index in [1.54, 1.807) is 0 Å². The minimum Gasteiger partial charge on any atom is -0.481 e. The lowest BCUT2D eigenvalue weighted by molar-refractivity contribution is -0.144. The number of aliphatic carboxylic acids is 1. The average molecular weight is 319 g/mol. The van der Waals surface area contributed by atoms with E-state index in [2.05, 4.69) is 0 Å². The zero-order valence-corrected chi connectivity index (χ0v) is 12.8. The summed E-state index contributed by atoms with van der Waals surface area (Å²) in [6, 6.07) is 9.38. The van der Waals surface area contributed by atoms with E-state index in [0.717, 1.165) is 5.56 Å². The molecule has 1 saturated heterocycles. The summed E-state index contributed by atoms with van der Waals surface area (Å²) in [5.74, 6) is -1.37. The van der Waals surface area contributed by atoms with Crippen LogP contribution in [0.3, 0.4) is 0 Å². The van der Waals surface area contributed by atoms with E-state index >= 15 is 0 Å². The fraction of sp³-hybridized carbons (Fsp3) is 0.529. The Hall–Kier alpha value is -2.08. The first kappa shape index (κ1) is 15.8. The van der Waals surface area contributed by atoms with E-state index in [9.17, 15) is 19.8 Å². The van der Waals surface area contributed by atoms with Gasteiger partial charge in [0.2, 0.25) is 0 Å². The highest BCUT2D eigenvalue weighted by atomic mass is 16.6. The topological polar surface area (TPSA) is 87.1 Å². The molecule has 1 heterocycles. The van der Waals surface area contributed by atoms with Crippen LogP contribution in [-0.4, -0.2) is 46.4 Å². The van der Waals surface area contributed by atoms with Gasteiger partial charge in [-0.15, -0.1) is 0 Å². The molecule has 2 N–H and O–H groups in total. The van der Waals surface area contributed by atoms with Crippen LogP contribution < -0.4 is 0 Å². The number of likely N-dealkylation sites (tertiary alicyclic amines) is 1. The number of carbonyl (C=O) groups excluding carboxylic acids is 1. The molecule has 0 bridgehead atoms. The van der Waals surface area contributed by atoms with E-state index in [1.807, 2.05) is 30.3 Å². The lowest BCUT2D eigenvalue weighted by atomic mass is 9.70. The highest BCUT2D eigenvalue weighted by Crippen LogP contribution is 2.41. The number of rotatable bonds is 4. The Morgan fingerprint density at radius 2 is 1.87 bits per heavy atom. The molecular formula is C17H21NO5. The van der Waals surface area contributed by atoms with Gasteiger partial charge in [0.05, 0.1) is 12.0 Å². The summed E-state index contributed by atoms with van der Waals surface area (Å²) in [5, 5.41) is 18.8. The van der Waals surface area contributed by atoms with Gasteiger partial charge in [-0.2, -0.15) is 0 Å². The quantitative estimate of drug-likeness (QED) is 0.882. The number of aliphatic hydroxyl groups is 1. The lowest BCUT2D eigenvalue weighted by Gasteiger charge is -2.37. The number of carboxylic acids is 1. The Morgan fingerprint density at radius 3 is 2.48 bits per heavy atom. The van der Waals surface area contributed by atoms with Crippen LogP contribution in [0.25, 0.3) is 0 Å². The maximum Gasteiger partial charge on any atom is 0.410 e. The molecule has 1 aliphatic heterocycles. The molecule has 1 amide bonds. The average Bonchev–Trinajstić information content (AvgIpc) is 2.95. The summed E-state index contributed by atoms with van der Waals surface area (Å²) in [5.41, 5.74) is 0.897. The lowest BCUT2D eigenvalue weighted by Crippen LogP contribution is -2.39. The maximum atomic E-state index is 12.2. The molecule has 2 fully saturated rings. The number of amides is 1. The fourth-order valence-corrected chi connectivity index (χ4v) is 3.51. The van der Waals surface area contributed by atoms with Gasteiger partial charge in [-0.25, -0.2) is 4.79 Å². The predicted molar refractivity (Wildman–Crippen MR) is 81.5 cm³/mol. The molecule has 0 radical (unpaired) electrons. The van der Waals surface area contributed by atoms with Crippen molar-refractivity contribution in [1.82, 2.24) is 4.90 Å². The molecule has 1 saturated carbocycles. The summed E-state index contributed by atoms with van der Waals surface area (Å²) >= 11 is 0. The molecule has 1 aromatic rings. The van der Waals surface area contributed by atoms with Crippen LogP contribution in [-0.2, 0) is 16.1 Å². The smallest absolute Gasteiger partial charge is 0.410 e. The van der Waals surface area contributed by atoms with Gasteiger partial charge in [0.1, 0.15) is 6.61 Å². The number of benzene rings is 1. The van der Waals surface area contributed by atoms with Crippen molar-refractivity contribution in [1.29, 1.82) is 0 Å². The van der Waals surface area contributed by atoms with Crippen LogP contribution in [0.1, 0.15) is 18.4 Å².